The van der Waals surface area contributed by atoms with Gasteiger partial charge in [-0.3, -0.25) is 4.90 Å². The second-order valence-corrected chi connectivity index (χ2v) is 7.54. The molecular weight excluding hydrogens is 256 g/mol. The molecule has 2 heteroatoms. The molecule has 1 aliphatic heterocycles. The van der Waals surface area contributed by atoms with Crippen LogP contribution in [-0.2, 0) is 0 Å². The molecule has 124 valence electrons. The maximum atomic E-state index is 3.98. The van der Waals surface area contributed by atoms with Crippen molar-refractivity contribution >= 4 is 0 Å². The van der Waals surface area contributed by atoms with Crippen LogP contribution in [0.5, 0.6) is 0 Å². The highest BCUT2D eigenvalue weighted by molar-refractivity contribution is 5.01. The third kappa shape index (κ3) is 4.45. The van der Waals surface area contributed by atoms with Crippen molar-refractivity contribution in [3.8, 4) is 0 Å². The summed E-state index contributed by atoms with van der Waals surface area (Å²) in [6, 6.07) is 1.60. The molecule has 1 heterocycles. The van der Waals surface area contributed by atoms with E-state index in [1.54, 1.807) is 0 Å². The zero-order valence-electron chi connectivity index (χ0n) is 14.8. The lowest BCUT2D eigenvalue weighted by atomic mass is 9.78. The Morgan fingerprint density at radius 1 is 1.05 bits per heavy atom. The van der Waals surface area contributed by atoms with Crippen LogP contribution in [0.3, 0.4) is 0 Å². The van der Waals surface area contributed by atoms with Gasteiger partial charge in [0, 0.05) is 30.7 Å². The second kappa shape index (κ2) is 8.53. The van der Waals surface area contributed by atoms with E-state index in [1.807, 2.05) is 0 Å². The van der Waals surface area contributed by atoms with Gasteiger partial charge >= 0.3 is 0 Å². The summed E-state index contributed by atoms with van der Waals surface area (Å²) in [4.78, 5) is 2.93. The first-order valence-electron chi connectivity index (χ1n) is 9.75. The van der Waals surface area contributed by atoms with E-state index in [4.69, 9.17) is 0 Å². The average molecular weight is 295 g/mol. The maximum absolute atomic E-state index is 3.98. The Morgan fingerprint density at radius 2 is 1.81 bits per heavy atom. The normalized spacial score (nSPS) is 27.9. The summed E-state index contributed by atoms with van der Waals surface area (Å²) < 4.78 is 0. The van der Waals surface area contributed by atoms with E-state index in [9.17, 15) is 0 Å². The monoisotopic (exact) mass is 294 g/mol. The third-order valence-corrected chi connectivity index (χ3v) is 5.93. The van der Waals surface area contributed by atoms with Crippen molar-refractivity contribution in [3.05, 3.63) is 0 Å². The van der Waals surface area contributed by atoms with Crippen LogP contribution in [0.4, 0.5) is 0 Å². The van der Waals surface area contributed by atoms with Crippen LogP contribution in [0.2, 0.25) is 0 Å². The molecule has 1 N–H and O–H groups in total. The van der Waals surface area contributed by atoms with Gasteiger partial charge in [-0.1, -0.05) is 59.3 Å². The molecular formula is C19H38N2. The highest BCUT2D eigenvalue weighted by atomic mass is 15.3. The fraction of sp³-hybridized carbons (Fsp3) is 1.00. The van der Waals surface area contributed by atoms with E-state index < -0.39 is 0 Å². The van der Waals surface area contributed by atoms with Gasteiger partial charge in [-0.15, -0.1) is 0 Å². The van der Waals surface area contributed by atoms with Crippen LogP contribution in [0.1, 0.15) is 91.4 Å². The van der Waals surface area contributed by atoms with Crippen LogP contribution in [0, 0.1) is 0 Å². The van der Waals surface area contributed by atoms with Crippen molar-refractivity contribution in [2.45, 2.75) is 109 Å². The zero-order valence-corrected chi connectivity index (χ0v) is 14.8. The van der Waals surface area contributed by atoms with E-state index in [1.165, 1.54) is 83.7 Å². The molecule has 1 aliphatic carbocycles. The van der Waals surface area contributed by atoms with Crippen molar-refractivity contribution in [2.24, 2.45) is 0 Å². The van der Waals surface area contributed by atoms with E-state index in [2.05, 4.69) is 31.0 Å². The molecule has 2 nitrogen and oxygen atoms in total. The Labute approximate surface area is 133 Å². The van der Waals surface area contributed by atoms with Gasteiger partial charge in [0.1, 0.15) is 0 Å². The number of hydrogen-bond donors (Lipinski definition) is 1. The molecule has 1 spiro atoms. The molecule has 0 radical (unpaired) electrons. The van der Waals surface area contributed by atoms with Crippen LogP contribution in [0.25, 0.3) is 0 Å². The topological polar surface area (TPSA) is 15.3 Å². The van der Waals surface area contributed by atoms with Gasteiger partial charge < -0.3 is 5.32 Å². The number of hydrogen-bond acceptors (Lipinski definition) is 2. The predicted molar refractivity (Wildman–Crippen MR) is 92.8 cm³/mol. The van der Waals surface area contributed by atoms with Gasteiger partial charge in [0.25, 0.3) is 0 Å². The Balaban J connectivity index is 2.06. The number of rotatable bonds is 7. The minimum atomic E-state index is 0.460. The highest BCUT2D eigenvalue weighted by Crippen LogP contribution is 2.34. The lowest BCUT2D eigenvalue weighted by Crippen LogP contribution is -2.66. The van der Waals surface area contributed by atoms with Crippen molar-refractivity contribution in [2.75, 3.05) is 13.1 Å². The molecule has 2 rings (SSSR count). The molecule has 2 aliphatic rings. The van der Waals surface area contributed by atoms with Crippen LogP contribution in [0.15, 0.2) is 0 Å². The Morgan fingerprint density at radius 3 is 2.43 bits per heavy atom. The van der Waals surface area contributed by atoms with Crippen LogP contribution >= 0.6 is 0 Å². The van der Waals surface area contributed by atoms with Gasteiger partial charge in [0.15, 0.2) is 0 Å². The average Bonchev–Trinajstić information content (AvgIpc) is 2.52. The summed E-state index contributed by atoms with van der Waals surface area (Å²) >= 11 is 0. The number of unbranched alkanes of at least 4 members (excludes halogenated alkanes) is 1. The molecule has 0 aromatic rings. The summed E-state index contributed by atoms with van der Waals surface area (Å²) in [7, 11) is 0. The van der Waals surface area contributed by atoms with Gasteiger partial charge in [0.05, 0.1) is 0 Å². The van der Waals surface area contributed by atoms with Crippen molar-refractivity contribution < 1.29 is 0 Å². The van der Waals surface area contributed by atoms with Crippen molar-refractivity contribution in [3.63, 3.8) is 0 Å². The Kier molecular flexibility index (Phi) is 7.01. The SMILES string of the molecule is CCCCC(CCC)N1CC2(CCCCC2)NCC1CC. The zero-order chi connectivity index (χ0) is 15.1. The molecule has 0 aromatic heterocycles. The van der Waals surface area contributed by atoms with Gasteiger partial charge in [-0.2, -0.15) is 0 Å². The summed E-state index contributed by atoms with van der Waals surface area (Å²) in [5, 5.41) is 3.98. The standard InChI is InChI=1S/C19H38N2/c1-4-7-12-18(11-5-2)21-16-19(13-9-8-10-14-19)20-15-17(21)6-3/h17-18,20H,4-16H2,1-3H3. The summed E-state index contributed by atoms with van der Waals surface area (Å²) in [6.45, 7) is 9.61. The third-order valence-electron chi connectivity index (χ3n) is 5.93. The lowest BCUT2D eigenvalue weighted by Gasteiger charge is -2.52. The molecule has 1 saturated heterocycles. The fourth-order valence-corrected chi connectivity index (χ4v) is 4.60. The van der Waals surface area contributed by atoms with Gasteiger partial charge in [-0.05, 0) is 32.1 Å². The van der Waals surface area contributed by atoms with E-state index in [0.29, 0.717) is 5.54 Å². The van der Waals surface area contributed by atoms with Gasteiger partial charge in [-0.25, -0.2) is 0 Å². The van der Waals surface area contributed by atoms with E-state index in [0.717, 1.165) is 12.1 Å². The first kappa shape index (κ1) is 17.3. The minimum absolute atomic E-state index is 0.460. The largest absolute Gasteiger partial charge is 0.308 e. The summed E-state index contributed by atoms with van der Waals surface area (Å²) in [5.74, 6) is 0. The Bertz CT molecular complexity index is 283. The molecule has 0 aromatic carbocycles. The highest BCUT2D eigenvalue weighted by Gasteiger charge is 2.41. The number of nitrogens with zero attached hydrogens (tertiary/aromatic N) is 1. The molecule has 0 amide bonds. The molecule has 2 fully saturated rings. The quantitative estimate of drug-likeness (QED) is 0.730. The van der Waals surface area contributed by atoms with Gasteiger partial charge in [0.2, 0.25) is 0 Å². The van der Waals surface area contributed by atoms with Crippen molar-refractivity contribution in [1.82, 2.24) is 10.2 Å². The van der Waals surface area contributed by atoms with Crippen molar-refractivity contribution in [1.29, 1.82) is 0 Å². The smallest absolute Gasteiger partial charge is 0.0309 e. The predicted octanol–water partition coefficient (Wildman–Crippen LogP) is 4.73. The van der Waals surface area contributed by atoms with E-state index >= 15 is 0 Å². The minimum Gasteiger partial charge on any atom is -0.308 e. The molecule has 2 atom stereocenters. The Hall–Kier alpha value is -0.0800. The first-order chi connectivity index (χ1) is 10.2. The van der Waals surface area contributed by atoms with Crippen LogP contribution < -0.4 is 5.32 Å². The second-order valence-electron chi connectivity index (χ2n) is 7.54. The van der Waals surface area contributed by atoms with E-state index in [-0.39, 0.29) is 0 Å². The molecule has 0 bridgehead atoms. The fourth-order valence-electron chi connectivity index (χ4n) is 4.60. The lowest BCUT2D eigenvalue weighted by molar-refractivity contribution is 0.0160. The molecule has 1 saturated carbocycles. The first-order valence-corrected chi connectivity index (χ1v) is 9.75. The van der Waals surface area contributed by atoms with Crippen LogP contribution in [-0.4, -0.2) is 35.6 Å². The summed E-state index contributed by atoms with van der Waals surface area (Å²) in [6.07, 6.45) is 15.3. The molecule has 21 heavy (non-hydrogen) atoms. The molecule has 2 unspecified atom stereocenters. The maximum Gasteiger partial charge on any atom is 0.0309 e. The number of piperazine rings is 1. The summed E-state index contributed by atoms with van der Waals surface area (Å²) in [5.41, 5.74) is 0.460. The number of nitrogens with one attached hydrogen (secondary N) is 1.